The molecule has 0 amide bonds. The monoisotopic (exact) mass is 183 g/mol. The normalized spacial score (nSPS) is 8.31. The van der Waals surface area contributed by atoms with E-state index in [0.29, 0.717) is 13.1 Å². The second-order valence-corrected chi connectivity index (χ2v) is 2.47. The van der Waals surface area contributed by atoms with Crippen LogP contribution in [0.4, 0.5) is 0 Å². The summed E-state index contributed by atoms with van der Waals surface area (Å²) in [6, 6.07) is 2.10. The molecule has 13 heavy (non-hydrogen) atoms. The van der Waals surface area contributed by atoms with Crippen molar-refractivity contribution in [2.45, 2.75) is 25.7 Å². The second kappa shape index (κ2) is 10.6. The summed E-state index contributed by atoms with van der Waals surface area (Å²) in [5.74, 6) is 0. The maximum absolute atomic E-state index is 9.66. The molecule has 0 aromatic rings. The molecule has 0 rings (SSSR count). The third-order valence-electron chi connectivity index (χ3n) is 1.47. The zero-order valence-electron chi connectivity index (χ0n) is 7.44. The average molecular weight is 183 g/mol. The summed E-state index contributed by atoms with van der Waals surface area (Å²) in [7, 11) is 0. The van der Waals surface area contributed by atoms with Crippen LogP contribution >= 0.6 is 0 Å². The highest BCUT2D eigenvalue weighted by molar-refractivity contribution is 5.39. The van der Waals surface area contributed by atoms with E-state index < -0.39 is 0 Å². The van der Waals surface area contributed by atoms with E-state index in [1.165, 1.54) is 6.08 Å². The summed E-state index contributed by atoms with van der Waals surface area (Å²) in [6.45, 7) is 1.19. The van der Waals surface area contributed by atoms with Gasteiger partial charge in [0.25, 0.3) is 0 Å². The maximum Gasteiger partial charge on any atom is 0.234 e. The Kier molecular flexibility index (Phi) is 9.39. The third kappa shape index (κ3) is 10.6. The molecule has 0 saturated carbocycles. The van der Waals surface area contributed by atoms with Crippen LogP contribution in [0.2, 0.25) is 0 Å². The first-order chi connectivity index (χ1) is 6.41. The van der Waals surface area contributed by atoms with Gasteiger partial charge in [0, 0.05) is 0 Å². The molecule has 5 nitrogen and oxygen atoms in total. The molecule has 5 heteroatoms. The van der Waals surface area contributed by atoms with Crippen molar-refractivity contribution in [3.05, 3.63) is 0 Å². The Balaban J connectivity index is 3.08. The lowest BCUT2D eigenvalue weighted by atomic mass is 10.2. The molecule has 0 aliphatic carbocycles. The number of hydrogen-bond donors (Lipinski definition) is 1. The van der Waals surface area contributed by atoms with Gasteiger partial charge in [-0.25, -0.2) is 14.8 Å². The summed E-state index contributed by atoms with van der Waals surface area (Å²) >= 11 is 0. The summed E-state index contributed by atoms with van der Waals surface area (Å²) in [5, 5.41) is 10.6. The van der Waals surface area contributed by atoms with Gasteiger partial charge in [-0.2, -0.15) is 0 Å². The van der Waals surface area contributed by atoms with Crippen molar-refractivity contribution < 1.29 is 10.0 Å². The SMILES string of the molecule is O=C=NCCCCCCN=C=NO. The predicted octanol–water partition coefficient (Wildman–Crippen LogP) is 1.45. The van der Waals surface area contributed by atoms with Gasteiger partial charge in [-0.1, -0.05) is 12.8 Å². The largest absolute Gasteiger partial charge is 0.403 e. The fourth-order valence-corrected chi connectivity index (χ4v) is 0.863. The van der Waals surface area contributed by atoms with E-state index in [-0.39, 0.29) is 0 Å². The molecule has 72 valence electrons. The van der Waals surface area contributed by atoms with Crippen LogP contribution in [0.1, 0.15) is 25.7 Å². The number of aliphatic imine (C=N–C) groups is 2. The van der Waals surface area contributed by atoms with E-state index in [9.17, 15) is 4.79 Å². The molecule has 1 N–H and O–H groups in total. The van der Waals surface area contributed by atoms with E-state index in [1.807, 2.05) is 0 Å². The van der Waals surface area contributed by atoms with Crippen molar-refractivity contribution in [1.82, 2.24) is 0 Å². The van der Waals surface area contributed by atoms with Gasteiger partial charge >= 0.3 is 0 Å². The Bertz CT molecular complexity index is 215. The summed E-state index contributed by atoms with van der Waals surface area (Å²) in [4.78, 5) is 16.8. The second-order valence-electron chi connectivity index (χ2n) is 2.47. The van der Waals surface area contributed by atoms with Crippen LogP contribution in [0, 0.1) is 0 Å². The minimum absolute atomic E-state index is 0.560. The molecular formula is C8H13N3O2. The number of isocyanates is 1. The molecule has 0 aliphatic heterocycles. The highest BCUT2D eigenvalue weighted by Gasteiger charge is 1.87. The first-order valence-electron chi connectivity index (χ1n) is 4.21. The minimum atomic E-state index is 0.560. The number of hydrogen-bond acceptors (Lipinski definition) is 5. The minimum Gasteiger partial charge on any atom is -0.403 e. The van der Waals surface area contributed by atoms with Crippen LogP contribution in [0.25, 0.3) is 0 Å². The number of nitrogens with zero attached hydrogens (tertiary/aromatic N) is 3. The summed E-state index contributed by atoms with van der Waals surface area (Å²) < 4.78 is 0. The molecule has 0 aromatic heterocycles. The van der Waals surface area contributed by atoms with Gasteiger partial charge in [-0.3, -0.25) is 0 Å². The van der Waals surface area contributed by atoms with Gasteiger partial charge in [-0.15, -0.1) is 0 Å². The number of carbonyl (C=O) groups excluding carboxylic acids is 1. The molecule has 0 bridgehead atoms. The predicted molar refractivity (Wildman–Crippen MR) is 48.0 cm³/mol. The van der Waals surface area contributed by atoms with Crippen LogP contribution in [-0.2, 0) is 4.79 Å². The summed E-state index contributed by atoms with van der Waals surface area (Å²) in [5.41, 5.74) is 0. The molecule has 0 radical (unpaired) electrons. The lowest BCUT2D eigenvalue weighted by Gasteiger charge is -1.94. The molecule has 0 spiro atoms. The van der Waals surface area contributed by atoms with E-state index in [4.69, 9.17) is 5.21 Å². The van der Waals surface area contributed by atoms with Gasteiger partial charge < -0.3 is 5.21 Å². The van der Waals surface area contributed by atoms with Crippen molar-refractivity contribution in [3.63, 3.8) is 0 Å². The van der Waals surface area contributed by atoms with Crippen molar-refractivity contribution in [1.29, 1.82) is 0 Å². The molecule has 0 aromatic carbocycles. The maximum atomic E-state index is 9.66. The van der Waals surface area contributed by atoms with Gasteiger partial charge in [0.15, 0.2) is 0 Å². The van der Waals surface area contributed by atoms with Gasteiger partial charge in [0.2, 0.25) is 6.08 Å². The molecule has 0 saturated heterocycles. The summed E-state index contributed by atoms with van der Waals surface area (Å²) in [6.07, 6.45) is 5.40. The molecule has 0 aliphatic rings. The highest BCUT2D eigenvalue weighted by Crippen LogP contribution is 1.99. The van der Waals surface area contributed by atoms with Crippen LogP contribution in [0.15, 0.2) is 15.1 Å². The van der Waals surface area contributed by atoms with Crippen molar-refractivity contribution in [3.8, 4) is 0 Å². The topological polar surface area (TPSA) is 74.4 Å². The van der Waals surface area contributed by atoms with Crippen molar-refractivity contribution in [2.24, 2.45) is 15.1 Å². The van der Waals surface area contributed by atoms with E-state index in [2.05, 4.69) is 21.1 Å². The van der Waals surface area contributed by atoms with Gasteiger partial charge in [0.05, 0.1) is 13.1 Å². The fourth-order valence-electron chi connectivity index (χ4n) is 0.863. The molecule has 0 unspecified atom stereocenters. The van der Waals surface area contributed by atoms with Crippen molar-refractivity contribution >= 4 is 12.1 Å². The number of unbranched alkanes of at least 4 members (excludes halogenated alkanes) is 3. The highest BCUT2D eigenvalue weighted by atomic mass is 16.4. The molecule has 0 atom stereocenters. The fraction of sp³-hybridized carbons (Fsp3) is 0.750. The van der Waals surface area contributed by atoms with E-state index >= 15 is 0 Å². The van der Waals surface area contributed by atoms with Gasteiger partial charge in [0.1, 0.15) is 6.01 Å². The Morgan fingerprint density at radius 1 is 1.00 bits per heavy atom. The van der Waals surface area contributed by atoms with Crippen LogP contribution < -0.4 is 0 Å². The van der Waals surface area contributed by atoms with Gasteiger partial charge in [-0.05, 0) is 18.0 Å². The Labute approximate surface area is 76.9 Å². The Hall–Kier alpha value is -1.44. The first-order valence-corrected chi connectivity index (χ1v) is 4.21. The van der Waals surface area contributed by atoms with Crippen molar-refractivity contribution in [2.75, 3.05) is 13.1 Å². The number of rotatable bonds is 7. The van der Waals surface area contributed by atoms with E-state index in [0.717, 1.165) is 25.7 Å². The van der Waals surface area contributed by atoms with Crippen LogP contribution in [-0.4, -0.2) is 30.4 Å². The standard InChI is InChI=1S/C8H13N3O2/c12-8-10-6-4-2-1-3-5-9-7-11-13/h13H,1-6H2. The molecule has 0 heterocycles. The zero-order chi connectivity index (χ0) is 9.78. The average Bonchev–Trinajstić information content (AvgIpc) is 2.16. The molecule has 0 fully saturated rings. The van der Waals surface area contributed by atoms with Crippen LogP contribution in [0.3, 0.4) is 0 Å². The molecular weight excluding hydrogens is 170 g/mol. The first kappa shape index (κ1) is 11.6. The van der Waals surface area contributed by atoms with E-state index in [1.54, 1.807) is 0 Å². The van der Waals surface area contributed by atoms with Crippen LogP contribution in [0.5, 0.6) is 0 Å². The Morgan fingerprint density at radius 3 is 2.15 bits per heavy atom. The lowest BCUT2D eigenvalue weighted by Crippen LogP contribution is -1.84. The smallest absolute Gasteiger partial charge is 0.234 e. The zero-order valence-corrected chi connectivity index (χ0v) is 7.44. The third-order valence-corrected chi connectivity index (χ3v) is 1.47. The quantitative estimate of drug-likeness (QED) is 0.213. The lowest BCUT2D eigenvalue weighted by molar-refractivity contribution is 0.322. The Morgan fingerprint density at radius 2 is 1.62 bits per heavy atom.